The van der Waals surface area contributed by atoms with Crippen molar-refractivity contribution < 1.29 is 17.9 Å². The average molecular weight is 255 g/mol. The molecule has 16 heavy (non-hydrogen) atoms. The molecule has 0 aliphatic carbocycles. The van der Waals surface area contributed by atoms with Crippen LogP contribution >= 0.6 is 11.5 Å². The zero-order valence-electron chi connectivity index (χ0n) is 8.67. The minimum atomic E-state index is -4.47. The second kappa shape index (κ2) is 6.00. The maximum Gasteiger partial charge on any atom is 0.452 e. The van der Waals surface area contributed by atoms with Crippen molar-refractivity contribution in [2.75, 3.05) is 25.6 Å². The molecule has 0 saturated carbocycles. The molecule has 0 aliphatic rings. The van der Waals surface area contributed by atoms with E-state index in [0.29, 0.717) is 24.7 Å². The van der Waals surface area contributed by atoms with Gasteiger partial charge in [0.1, 0.15) is 0 Å². The predicted octanol–water partition coefficient (Wildman–Crippen LogP) is 2.40. The SMILES string of the molecule is COCCCCNc1nc(C(F)(F)F)ns1. The number of hydrogen-bond donors (Lipinski definition) is 1. The van der Waals surface area contributed by atoms with E-state index < -0.39 is 12.0 Å². The summed E-state index contributed by atoms with van der Waals surface area (Å²) in [5.74, 6) is -1.09. The van der Waals surface area contributed by atoms with Gasteiger partial charge in [0.05, 0.1) is 0 Å². The molecule has 0 aromatic carbocycles. The van der Waals surface area contributed by atoms with E-state index in [4.69, 9.17) is 4.74 Å². The molecule has 0 bridgehead atoms. The molecule has 1 aromatic heterocycles. The lowest BCUT2D eigenvalue weighted by molar-refractivity contribution is -0.144. The van der Waals surface area contributed by atoms with Gasteiger partial charge in [0.25, 0.3) is 0 Å². The number of rotatable bonds is 6. The summed E-state index contributed by atoms with van der Waals surface area (Å²) in [6.07, 6.45) is -2.80. The number of unbranched alkanes of at least 4 members (excludes halogenated alkanes) is 1. The van der Waals surface area contributed by atoms with Crippen LogP contribution in [0.5, 0.6) is 0 Å². The van der Waals surface area contributed by atoms with Gasteiger partial charge in [-0.05, 0) is 12.8 Å². The highest BCUT2D eigenvalue weighted by molar-refractivity contribution is 7.09. The van der Waals surface area contributed by atoms with Gasteiger partial charge in [-0.25, -0.2) is 0 Å². The fourth-order valence-corrected chi connectivity index (χ4v) is 1.59. The van der Waals surface area contributed by atoms with Gasteiger partial charge in [0.2, 0.25) is 11.0 Å². The maximum absolute atomic E-state index is 12.1. The van der Waals surface area contributed by atoms with Gasteiger partial charge in [-0.1, -0.05) is 0 Å². The summed E-state index contributed by atoms with van der Waals surface area (Å²) in [4.78, 5) is 3.34. The topological polar surface area (TPSA) is 47.0 Å². The van der Waals surface area contributed by atoms with E-state index in [1.54, 1.807) is 7.11 Å². The Morgan fingerprint density at radius 3 is 2.69 bits per heavy atom. The first-order valence-corrected chi connectivity index (χ1v) is 5.45. The third-order valence-corrected chi connectivity index (χ3v) is 2.40. The monoisotopic (exact) mass is 255 g/mol. The second-order valence-electron chi connectivity index (χ2n) is 3.05. The van der Waals surface area contributed by atoms with Gasteiger partial charge in [-0.2, -0.15) is 22.5 Å². The Bertz CT molecular complexity index is 316. The van der Waals surface area contributed by atoms with Crippen molar-refractivity contribution in [3.63, 3.8) is 0 Å². The Balaban J connectivity index is 2.30. The van der Waals surface area contributed by atoms with Gasteiger partial charge in [0, 0.05) is 31.8 Å². The molecule has 0 unspecified atom stereocenters. The lowest BCUT2D eigenvalue weighted by Gasteiger charge is -2.01. The van der Waals surface area contributed by atoms with Gasteiger partial charge < -0.3 is 10.1 Å². The van der Waals surface area contributed by atoms with Crippen LogP contribution < -0.4 is 5.32 Å². The molecule has 1 heterocycles. The summed E-state index contributed by atoms with van der Waals surface area (Å²) in [5, 5.41) is 2.98. The van der Waals surface area contributed by atoms with Crippen molar-refractivity contribution in [1.82, 2.24) is 9.36 Å². The lowest BCUT2D eigenvalue weighted by atomic mass is 10.3. The molecular formula is C8H12F3N3OS. The molecule has 4 nitrogen and oxygen atoms in total. The molecule has 0 atom stereocenters. The Kier molecular flexibility index (Phi) is 4.94. The van der Waals surface area contributed by atoms with Crippen molar-refractivity contribution in [3.05, 3.63) is 5.82 Å². The van der Waals surface area contributed by atoms with Crippen LogP contribution in [0, 0.1) is 0 Å². The van der Waals surface area contributed by atoms with E-state index in [9.17, 15) is 13.2 Å². The first-order chi connectivity index (χ1) is 7.54. The first kappa shape index (κ1) is 13.2. The van der Waals surface area contributed by atoms with Gasteiger partial charge in [0.15, 0.2) is 0 Å². The number of nitrogens with one attached hydrogen (secondary N) is 1. The number of alkyl halides is 3. The number of aromatic nitrogens is 2. The van der Waals surface area contributed by atoms with Crippen molar-refractivity contribution >= 4 is 16.7 Å². The molecule has 1 rings (SSSR count). The molecule has 0 aliphatic heterocycles. The van der Waals surface area contributed by atoms with Crippen molar-refractivity contribution in [1.29, 1.82) is 0 Å². The molecule has 0 fully saturated rings. The largest absolute Gasteiger partial charge is 0.452 e. The number of nitrogens with zero attached hydrogens (tertiary/aromatic N) is 2. The quantitative estimate of drug-likeness (QED) is 0.793. The molecule has 92 valence electrons. The van der Waals surface area contributed by atoms with Crippen LogP contribution in [0.1, 0.15) is 18.7 Å². The van der Waals surface area contributed by atoms with Crippen LogP contribution in [-0.2, 0) is 10.9 Å². The summed E-state index contributed by atoms with van der Waals surface area (Å²) in [5.41, 5.74) is 0. The standard InChI is InChI=1S/C8H12F3N3OS/c1-15-5-3-2-4-12-7-13-6(14-16-7)8(9,10)11/h2-5H2,1H3,(H,12,13,14). The Hall–Kier alpha value is -0.890. The number of anilines is 1. The summed E-state index contributed by atoms with van der Waals surface area (Å²) in [7, 11) is 1.60. The highest BCUT2D eigenvalue weighted by Gasteiger charge is 2.35. The fraction of sp³-hybridized carbons (Fsp3) is 0.750. The number of hydrogen-bond acceptors (Lipinski definition) is 5. The number of halogens is 3. The van der Waals surface area contributed by atoms with Crippen LogP contribution in [0.25, 0.3) is 0 Å². The van der Waals surface area contributed by atoms with E-state index in [2.05, 4.69) is 14.7 Å². The van der Waals surface area contributed by atoms with Gasteiger partial charge in [-0.15, -0.1) is 0 Å². The normalized spacial score (nSPS) is 11.8. The predicted molar refractivity (Wildman–Crippen MR) is 54.5 cm³/mol. The maximum atomic E-state index is 12.1. The second-order valence-corrected chi connectivity index (χ2v) is 3.80. The fourth-order valence-electron chi connectivity index (χ4n) is 0.977. The smallest absolute Gasteiger partial charge is 0.385 e. The lowest BCUT2D eigenvalue weighted by Crippen LogP contribution is -2.08. The minimum Gasteiger partial charge on any atom is -0.385 e. The van der Waals surface area contributed by atoms with Crippen LogP contribution in [0.4, 0.5) is 18.3 Å². The molecule has 0 saturated heterocycles. The Morgan fingerprint density at radius 1 is 1.38 bits per heavy atom. The van der Waals surface area contributed by atoms with Crippen molar-refractivity contribution in [2.24, 2.45) is 0 Å². The molecule has 0 amide bonds. The summed E-state index contributed by atoms with van der Waals surface area (Å²) >= 11 is 0.717. The molecule has 1 aromatic rings. The van der Waals surface area contributed by atoms with Gasteiger partial charge in [-0.3, -0.25) is 0 Å². The first-order valence-electron chi connectivity index (χ1n) is 4.67. The average Bonchev–Trinajstić information content (AvgIpc) is 2.65. The van der Waals surface area contributed by atoms with E-state index in [0.717, 1.165) is 12.8 Å². The van der Waals surface area contributed by atoms with E-state index in [1.165, 1.54) is 0 Å². The number of methoxy groups -OCH3 is 1. The third-order valence-electron chi connectivity index (χ3n) is 1.73. The molecule has 0 radical (unpaired) electrons. The summed E-state index contributed by atoms with van der Waals surface area (Å²) in [6.45, 7) is 1.21. The third kappa shape index (κ3) is 4.31. The highest BCUT2D eigenvalue weighted by Crippen LogP contribution is 2.28. The van der Waals surface area contributed by atoms with Crippen LogP contribution in [0.3, 0.4) is 0 Å². The van der Waals surface area contributed by atoms with E-state index >= 15 is 0 Å². The summed E-state index contributed by atoms with van der Waals surface area (Å²) < 4.78 is 44.4. The zero-order chi connectivity index (χ0) is 12.0. The van der Waals surface area contributed by atoms with Gasteiger partial charge >= 0.3 is 6.18 Å². The molecule has 1 N–H and O–H groups in total. The van der Waals surface area contributed by atoms with Crippen LogP contribution in [0.2, 0.25) is 0 Å². The molecule has 0 spiro atoms. The summed E-state index contributed by atoms with van der Waals surface area (Å²) in [6, 6.07) is 0. The highest BCUT2D eigenvalue weighted by atomic mass is 32.1. The van der Waals surface area contributed by atoms with E-state index in [1.807, 2.05) is 0 Å². The number of ether oxygens (including phenoxy) is 1. The Labute approximate surface area is 95.0 Å². The van der Waals surface area contributed by atoms with E-state index in [-0.39, 0.29) is 5.13 Å². The Morgan fingerprint density at radius 2 is 2.12 bits per heavy atom. The minimum absolute atomic E-state index is 0.199. The van der Waals surface area contributed by atoms with Crippen LogP contribution in [0.15, 0.2) is 0 Å². The molecule has 8 heteroatoms. The van der Waals surface area contributed by atoms with Crippen LogP contribution in [-0.4, -0.2) is 29.6 Å². The van der Waals surface area contributed by atoms with Crippen molar-refractivity contribution in [3.8, 4) is 0 Å². The zero-order valence-corrected chi connectivity index (χ0v) is 9.49. The van der Waals surface area contributed by atoms with Crippen molar-refractivity contribution in [2.45, 2.75) is 19.0 Å². The molecular weight excluding hydrogens is 243 g/mol.